The minimum atomic E-state index is -1.08. The lowest BCUT2D eigenvalue weighted by Gasteiger charge is -2.08. The van der Waals surface area contributed by atoms with E-state index in [1.165, 1.54) is 16.7 Å². The summed E-state index contributed by atoms with van der Waals surface area (Å²) in [6, 6.07) is 5.01. The van der Waals surface area contributed by atoms with Crippen molar-refractivity contribution in [3.8, 4) is 0 Å². The van der Waals surface area contributed by atoms with E-state index in [0.717, 1.165) is 8.95 Å². The van der Waals surface area contributed by atoms with Gasteiger partial charge in [0.25, 0.3) is 0 Å². The van der Waals surface area contributed by atoms with Gasteiger partial charge in [0.05, 0.1) is 12.2 Å². The van der Waals surface area contributed by atoms with E-state index in [4.69, 9.17) is 5.11 Å². The molecule has 1 aromatic heterocycles. The Kier molecular flexibility index (Phi) is 5.32. The average Bonchev–Trinajstić information content (AvgIpc) is 2.90. The van der Waals surface area contributed by atoms with Gasteiger partial charge in [0.1, 0.15) is 5.01 Å². The van der Waals surface area contributed by atoms with Crippen LogP contribution < -0.4 is 10.6 Å². The molecule has 0 saturated heterocycles. The smallest absolute Gasteiger partial charge is 0.355 e. The maximum absolute atomic E-state index is 11.8. The van der Waals surface area contributed by atoms with E-state index in [1.54, 1.807) is 12.1 Å². The molecule has 0 bridgehead atoms. The number of carbonyl (C=O) groups is 2. The topological polar surface area (TPSA) is 91.3 Å². The molecule has 1 aromatic carbocycles. The molecule has 21 heavy (non-hydrogen) atoms. The van der Waals surface area contributed by atoms with Crippen LogP contribution in [0.5, 0.6) is 0 Å². The lowest BCUT2D eigenvalue weighted by Crippen LogP contribution is -2.28. The monoisotopic (exact) mass is 433 g/mol. The van der Waals surface area contributed by atoms with Crippen molar-refractivity contribution >= 4 is 60.9 Å². The highest BCUT2D eigenvalue weighted by Crippen LogP contribution is 2.26. The summed E-state index contributed by atoms with van der Waals surface area (Å²) >= 11 is 7.84. The van der Waals surface area contributed by atoms with Gasteiger partial charge >= 0.3 is 12.0 Å². The molecule has 0 aliphatic heterocycles. The van der Waals surface area contributed by atoms with Crippen molar-refractivity contribution in [1.82, 2.24) is 10.3 Å². The van der Waals surface area contributed by atoms with Crippen LogP contribution in [0.4, 0.5) is 10.5 Å². The molecule has 0 spiro atoms. The van der Waals surface area contributed by atoms with Gasteiger partial charge in [0.2, 0.25) is 0 Å². The minimum absolute atomic E-state index is 0.0213. The molecule has 2 rings (SSSR count). The highest BCUT2D eigenvalue weighted by molar-refractivity contribution is 9.11. The van der Waals surface area contributed by atoms with E-state index >= 15 is 0 Å². The van der Waals surface area contributed by atoms with Crippen LogP contribution in [0, 0.1) is 0 Å². The Bertz CT molecular complexity index is 690. The molecule has 0 atom stereocenters. The second-order valence-corrected chi connectivity index (χ2v) is 6.58. The standard InChI is InChI=1S/C12H9Br2N3O3S/c13-6-1-2-7(14)8(3-6)17-12(20)15-4-10-16-9(5-21-10)11(18)19/h1-3,5H,4H2,(H,18,19)(H2,15,17,20). The first-order chi connectivity index (χ1) is 9.95. The van der Waals surface area contributed by atoms with Gasteiger partial charge in [-0.15, -0.1) is 11.3 Å². The molecule has 2 amide bonds. The lowest BCUT2D eigenvalue weighted by atomic mass is 10.3. The third-order valence-corrected chi connectivity index (χ3v) is 4.38. The third kappa shape index (κ3) is 4.51. The molecule has 0 fully saturated rings. The quantitative estimate of drug-likeness (QED) is 0.684. The molecular formula is C12H9Br2N3O3S. The number of hydrogen-bond donors (Lipinski definition) is 3. The van der Waals surface area contributed by atoms with E-state index in [0.29, 0.717) is 10.7 Å². The van der Waals surface area contributed by atoms with Gasteiger partial charge < -0.3 is 15.7 Å². The lowest BCUT2D eigenvalue weighted by molar-refractivity contribution is 0.0691. The Morgan fingerprint density at radius 3 is 2.76 bits per heavy atom. The van der Waals surface area contributed by atoms with Gasteiger partial charge in [-0.3, -0.25) is 0 Å². The van der Waals surface area contributed by atoms with Crippen LogP contribution in [0.15, 0.2) is 32.5 Å². The first-order valence-electron chi connectivity index (χ1n) is 5.63. The first-order valence-corrected chi connectivity index (χ1v) is 8.10. The predicted molar refractivity (Wildman–Crippen MR) is 86.8 cm³/mol. The maximum atomic E-state index is 11.8. The SMILES string of the molecule is O=C(NCc1nc(C(=O)O)cs1)Nc1cc(Br)ccc1Br. The number of hydrogen-bond acceptors (Lipinski definition) is 4. The zero-order valence-electron chi connectivity index (χ0n) is 10.4. The molecule has 9 heteroatoms. The average molecular weight is 435 g/mol. The predicted octanol–water partition coefficient (Wildman–Crippen LogP) is 3.69. The fourth-order valence-corrected chi connectivity index (χ4v) is 2.82. The van der Waals surface area contributed by atoms with E-state index in [-0.39, 0.29) is 12.2 Å². The van der Waals surface area contributed by atoms with Gasteiger partial charge in [-0.2, -0.15) is 0 Å². The summed E-state index contributed by atoms with van der Waals surface area (Å²) < 4.78 is 1.59. The summed E-state index contributed by atoms with van der Waals surface area (Å²) in [7, 11) is 0. The van der Waals surface area contributed by atoms with Crippen molar-refractivity contribution in [3.05, 3.63) is 43.2 Å². The van der Waals surface area contributed by atoms with E-state index < -0.39 is 12.0 Å². The van der Waals surface area contributed by atoms with Crippen molar-refractivity contribution in [2.45, 2.75) is 6.54 Å². The summed E-state index contributed by atoms with van der Waals surface area (Å²) in [5.41, 5.74) is 0.596. The Morgan fingerprint density at radius 2 is 2.10 bits per heavy atom. The number of rotatable bonds is 4. The Morgan fingerprint density at radius 1 is 1.33 bits per heavy atom. The molecule has 1 heterocycles. The van der Waals surface area contributed by atoms with Gasteiger partial charge in [-0.05, 0) is 34.1 Å². The molecule has 110 valence electrons. The Balaban J connectivity index is 1.92. The first kappa shape index (κ1) is 15.9. The maximum Gasteiger partial charge on any atom is 0.355 e. The highest BCUT2D eigenvalue weighted by atomic mass is 79.9. The number of aromatic carboxylic acids is 1. The summed E-state index contributed by atoms with van der Waals surface area (Å²) in [4.78, 5) is 26.4. The summed E-state index contributed by atoms with van der Waals surface area (Å²) in [5.74, 6) is -1.08. The van der Waals surface area contributed by atoms with Gasteiger partial charge in [-0.25, -0.2) is 14.6 Å². The van der Waals surface area contributed by atoms with Crippen LogP contribution in [-0.2, 0) is 6.54 Å². The van der Waals surface area contributed by atoms with Gasteiger partial charge in [0, 0.05) is 14.3 Å². The number of amides is 2. The molecule has 6 nitrogen and oxygen atoms in total. The molecule has 0 aliphatic rings. The summed E-state index contributed by atoms with van der Waals surface area (Å²) in [5, 5.41) is 16.0. The number of thiazole rings is 1. The molecule has 0 radical (unpaired) electrons. The zero-order chi connectivity index (χ0) is 15.4. The summed E-state index contributed by atoms with van der Waals surface area (Å²) in [6.07, 6.45) is 0. The van der Waals surface area contributed by atoms with E-state index in [1.807, 2.05) is 6.07 Å². The number of urea groups is 1. The van der Waals surface area contributed by atoms with Crippen molar-refractivity contribution < 1.29 is 14.7 Å². The molecule has 0 aliphatic carbocycles. The van der Waals surface area contributed by atoms with Crippen molar-refractivity contribution in [3.63, 3.8) is 0 Å². The molecular weight excluding hydrogens is 426 g/mol. The Labute approximate surface area is 140 Å². The molecule has 0 saturated carbocycles. The van der Waals surface area contributed by atoms with Crippen LogP contribution in [0.2, 0.25) is 0 Å². The van der Waals surface area contributed by atoms with Crippen LogP contribution in [0.3, 0.4) is 0 Å². The van der Waals surface area contributed by atoms with Crippen LogP contribution in [0.25, 0.3) is 0 Å². The number of carboxylic acid groups (broad SMARTS) is 1. The number of nitrogens with one attached hydrogen (secondary N) is 2. The highest BCUT2D eigenvalue weighted by Gasteiger charge is 2.10. The largest absolute Gasteiger partial charge is 0.476 e. The number of anilines is 1. The fraction of sp³-hybridized carbons (Fsp3) is 0.0833. The normalized spacial score (nSPS) is 10.2. The minimum Gasteiger partial charge on any atom is -0.476 e. The third-order valence-electron chi connectivity index (χ3n) is 2.35. The molecule has 0 unspecified atom stereocenters. The van der Waals surface area contributed by atoms with Crippen LogP contribution in [0.1, 0.15) is 15.5 Å². The van der Waals surface area contributed by atoms with Crippen molar-refractivity contribution in [1.29, 1.82) is 0 Å². The second kappa shape index (κ2) is 7.01. The van der Waals surface area contributed by atoms with E-state index in [9.17, 15) is 9.59 Å². The number of halogens is 2. The Hall–Kier alpha value is -1.45. The van der Waals surface area contributed by atoms with Crippen LogP contribution in [-0.4, -0.2) is 22.1 Å². The summed E-state index contributed by atoms with van der Waals surface area (Å²) in [6.45, 7) is 0.162. The second-order valence-electron chi connectivity index (χ2n) is 3.86. The van der Waals surface area contributed by atoms with Crippen molar-refractivity contribution in [2.24, 2.45) is 0 Å². The zero-order valence-corrected chi connectivity index (χ0v) is 14.4. The number of carbonyl (C=O) groups excluding carboxylic acids is 1. The van der Waals surface area contributed by atoms with Crippen molar-refractivity contribution in [2.75, 3.05) is 5.32 Å². The number of carboxylic acids is 1. The molecule has 3 N–H and O–H groups in total. The van der Waals surface area contributed by atoms with E-state index in [2.05, 4.69) is 47.5 Å². The van der Waals surface area contributed by atoms with Crippen LogP contribution >= 0.6 is 43.2 Å². The number of nitrogens with zero attached hydrogens (tertiary/aromatic N) is 1. The van der Waals surface area contributed by atoms with Gasteiger partial charge in [0.15, 0.2) is 5.69 Å². The number of aromatic nitrogens is 1. The number of benzene rings is 1. The molecule has 2 aromatic rings. The fourth-order valence-electron chi connectivity index (χ4n) is 1.41. The van der Waals surface area contributed by atoms with Gasteiger partial charge in [-0.1, -0.05) is 15.9 Å².